The van der Waals surface area contributed by atoms with Gasteiger partial charge in [0.15, 0.2) is 11.8 Å². The van der Waals surface area contributed by atoms with Crippen molar-refractivity contribution in [2.45, 2.75) is 53.7 Å². The van der Waals surface area contributed by atoms with Crippen LogP contribution in [-0.2, 0) is 11.3 Å². The van der Waals surface area contributed by atoms with Crippen LogP contribution in [0, 0.1) is 19.8 Å². The lowest BCUT2D eigenvalue weighted by Gasteiger charge is -2.21. The molecule has 28 heavy (non-hydrogen) atoms. The zero-order chi connectivity index (χ0) is 20.5. The number of aryl methyl sites for hydroxylation is 2. The van der Waals surface area contributed by atoms with Crippen molar-refractivity contribution in [1.82, 2.24) is 25.4 Å². The van der Waals surface area contributed by atoms with E-state index in [1.165, 1.54) is 0 Å². The smallest absolute Gasteiger partial charge is 0.191 e. The lowest BCUT2D eigenvalue weighted by atomic mass is 10.0. The molecule has 7 heteroatoms. The minimum absolute atomic E-state index is 0.265. The molecule has 1 atom stereocenters. The predicted molar refractivity (Wildman–Crippen MR) is 114 cm³/mol. The summed E-state index contributed by atoms with van der Waals surface area (Å²) in [6.07, 6.45) is 3.09. The van der Waals surface area contributed by atoms with E-state index in [0.717, 1.165) is 48.3 Å². The predicted octanol–water partition coefficient (Wildman–Crippen LogP) is 3.00. The van der Waals surface area contributed by atoms with Crippen molar-refractivity contribution in [3.8, 4) is 5.82 Å². The number of aliphatic imine (C=N–C) groups is 1. The number of aromatic nitrogens is 3. The van der Waals surface area contributed by atoms with Gasteiger partial charge in [-0.3, -0.25) is 4.99 Å². The largest absolute Gasteiger partial charge is 0.378 e. The maximum absolute atomic E-state index is 5.79. The van der Waals surface area contributed by atoms with Gasteiger partial charge in [-0.15, -0.1) is 0 Å². The molecule has 0 fully saturated rings. The highest BCUT2D eigenvalue weighted by molar-refractivity contribution is 5.79. The Hall–Kier alpha value is -2.41. The zero-order valence-corrected chi connectivity index (χ0v) is 18.0. The maximum Gasteiger partial charge on any atom is 0.191 e. The van der Waals surface area contributed by atoms with Gasteiger partial charge in [0.2, 0.25) is 0 Å². The van der Waals surface area contributed by atoms with Gasteiger partial charge in [0, 0.05) is 38.6 Å². The topological polar surface area (TPSA) is 76.4 Å². The van der Waals surface area contributed by atoms with Crippen molar-refractivity contribution in [2.75, 3.05) is 20.2 Å². The van der Waals surface area contributed by atoms with Crippen LogP contribution in [0.25, 0.3) is 5.82 Å². The van der Waals surface area contributed by atoms with Gasteiger partial charge in [-0.25, -0.2) is 9.67 Å². The molecule has 1 unspecified atom stereocenters. The number of nitrogens with one attached hydrogen (secondary N) is 2. The summed E-state index contributed by atoms with van der Waals surface area (Å²) in [4.78, 5) is 8.83. The Bertz CT molecular complexity index is 751. The molecule has 0 bridgehead atoms. The SMILES string of the molecule is CCOC(CCNC(=NC)NCc1ccc(-n2nc(C)cc2C)nc1)C(C)C. The van der Waals surface area contributed by atoms with E-state index in [1.807, 2.05) is 43.8 Å². The number of ether oxygens (including phenoxy) is 1. The molecule has 0 amide bonds. The second-order valence-electron chi connectivity index (χ2n) is 7.24. The molecule has 0 saturated carbocycles. The molecule has 0 aromatic carbocycles. The molecule has 0 aliphatic heterocycles. The van der Waals surface area contributed by atoms with Crippen LogP contribution in [0.5, 0.6) is 0 Å². The van der Waals surface area contributed by atoms with E-state index in [2.05, 4.69) is 45.6 Å². The maximum atomic E-state index is 5.79. The first-order valence-corrected chi connectivity index (χ1v) is 9.99. The molecular weight excluding hydrogens is 352 g/mol. The van der Waals surface area contributed by atoms with Crippen molar-refractivity contribution in [3.63, 3.8) is 0 Å². The normalized spacial score (nSPS) is 13.0. The molecule has 2 heterocycles. The first-order chi connectivity index (χ1) is 13.4. The number of pyridine rings is 1. The van der Waals surface area contributed by atoms with E-state index in [-0.39, 0.29) is 6.10 Å². The number of rotatable bonds is 9. The summed E-state index contributed by atoms with van der Waals surface area (Å²) in [6.45, 7) is 12.7. The average molecular weight is 387 g/mol. The van der Waals surface area contributed by atoms with E-state index in [9.17, 15) is 0 Å². The number of hydrogen-bond acceptors (Lipinski definition) is 4. The Morgan fingerprint density at radius 3 is 2.57 bits per heavy atom. The Morgan fingerprint density at radius 1 is 1.25 bits per heavy atom. The summed E-state index contributed by atoms with van der Waals surface area (Å²) in [5.74, 6) is 2.11. The third kappa shape index (κ3) is 6.34. The van der Waals surface area contributed by atoms with Crippen molar-refractivity contribution in [2.24, 2.45) is 10.9 Å². The number of guanidine groups is 1. The molecule has 0 spiro atoms. The van der Waals surface area contributed by atoms with Crippen molar-refractivity contribution in [1.29, 1.82) is 0 Å². The highest BCUT2D eigenvalue weighted by Crippen LogP contribution is 2.11. The molecule has 2 aromatic rings. The molecule has 0 radical (unpaired) electrons. The second-order valence-corrected chi connectivity index (χ2v) is 7.24. The summed E-state index contributed by atoms with van der Waals surface area (Å²) < 4.78 is 7.65. The molecule has 2 rings (SSSR count). The van der Waals surface area contributed by atoms with Crippen LogP contribution in [0.15, 0.2) is 29.4 Å². The van der Waals surface area contributed by atoms with Crippen molar-refractivity contribution in [3.05, 3.63) is 41.3 Å². The van der Waals surface area contributed by atoms with Gasteiger partial charge in [-0.05, 0) is 50.8 Å². The minimum atomic E-state index is 0.265. The molecule has 154 valence electrons. The van der Waals surface area contributed by atoms with Gasteiger partial charge in [0.05, 0.1) is 11.8 Å². The first kappa shape index (κ1) is 21.9. The lowest BCUT2D eigenvalue weighted by Crippen LogP contribution is -2.39. The van der Waals surface area contributed by atoms with Crippen LogP contribution in [0.1, 0.15) is 44.1 Å². The minimum Gasteiger partial charge on any atom is -0.378 e. The van der Waals surface area contributed by atoms with E-state index in [1.54, 1.807) is 7.05 Å². The van der Waals surface area contributed by atoms with E-state index in [0.29, 0.717) is 12.5 Å². The summed E-state index contributed by atoms with van der Waals surface area (Å²) in [5.41, 5.74) is 3.15. The van der Waals surface area contributed by atoms with Gasteiger partial charge < -0.3 is 15.4 Å². The van der Waals surface area contributed by atoms with Crippen LogP contribution in [0.3, 0.4) is 0 Å². The van der Waals surface area contributed by atoms with Gasteiger partial charge in [-0.2, -0.15) is 5.10 Å². The van der Waals surface area contributed by atoms with Gasteiger partial charge in [0.1, 0.15) is 0 Å². The molecule has 0 aliphatic rings. The lowest BCUT2D eigenvalue weighted by molar-refractivity contribution is 0.0258. The summed E-state index contributed by atoms with van der Waals surface area (Å²) in [6, 6.07) is 6.09. The molecular formula is C21H34N6O. The Balaban J connectivity index is 1.84. The van der Waals surface area contributed by atoms with Gasteiger partial charge in [-0.1, -0.05) is 19.9 Å². The molecule has 2 aromatic heterocycles. The fraction of sp³-hybridized carbons (Fsp3) is 0.571. The van der Waals surface area contributed by atoms with E-state index >= 15 is 0 Å². The Kier molecular flexibility index (Phi) is 8.44. The van der Waals surface area contributed by atoms with E-state index < -0.39 is 0 Å². The summed E-state index contributed by atoms with van der Waals surface area (Å²) in [7, 11) is 1.78. The van der Waals surface area contributed by atoms with Crippen LogP contribution in [0.4, 0.5) is 0 Å². The zero-order valence-electron chi connectivity index (χ0n) is 18.0. The van der Waals surface area contributed by atoms with Gasteiger partial charge >= 0.3 is 0 Å². The highest BCUT2D eigenvalue weighted by Gasteiger charge is 2.13. The Labute approximate surface area is 168 Å². The molecule has 2 N–H and O–H groups in total. The third-order valence-electron chi connectivity index (χ3n) is 4.56. The summed E-state index contributed by atoms with van der Waals surface area (Å²) in [5, 5.41) is 11.2. The first-order valence-electron chi connectivity index (χ1n) is 9.99. The highest BCUT2D eigenvalue weighted by atomic mass is 16.5. The second kappa shape index (κ2) is 10.8. The third-order valence-corrected chi connectivity index (χ3v) is 4.56. The van der Waals surface area contributed by atoms with Crippen molar-refractivity contribution >= 4 is 5.96 Å². The van der Waals surface area contributed by atoms with Gasteiger partial charge in [0.25, 0.3) is 0 Å². The molecule has 7 nitrogen and oxygen atoms in total. The number of hydrogen-bond donors (Lipinski definition) is 2. The van der Waals surface area contributed by atoms with Crippen LogP contribution in [0.2, 0.25) is 0 Å². The summed E-state index contributed by atoms with van der Waals surface area (Å²) >= 11 is 0. The molecule has 0 aliphatic carbocycles. The average Bonchev–Trinajstić information content (AvgIpc) is 3.02. The quantitative estimate of drug-likeness (QED) is 0.512. The fourth-order valence-electron chi connectivity index (χ4n) is 3.07. The van der Waals surface area contributed by atoms with Crippen LogP contribution < -0.4 is 10.6 Å². The Morgan fingerprint density at radius 2 is 2.04 bits per heavy atom. The molecule has 0 saturated heterocycles. The van der Waals surface area contributed by atoms with Crippen molar-refractivity contribution < 1.29 is 4.74 Å². The fourth-order valence-corrected chi connectivity index (χ4v) is 3.07. The van der Waals surface area contributed by atoms with E-state index in [4.69, 9.17) is 4.74 Å². The number of nitrogens with zero attached hydrogens (tertiary/aromatic N) is 4. The van der Waals surface area contributed by atoms with Crippen LogP contribution in [-0.4, -0.2) is 47.0 Å². The van der Waals surface area contributed by atoms with Crippen LogP contribution >= 0.6 is 0 Å². The standard InChI is InChI=1S/C21H34N6O/c1-7-28-19(15(2)3)10-11-23-21(22-6)25-14-18-8-9-20(24-13-18)27-17(5)12-16(4)26-27/h8-9,12-13,15,19H,7,10-11,14H2,1-6H3,(H2,22,23,25). The monoisotopic (exact) mass is 386 g/mol.